The van der Waals surface area contributed by atoms with Crippen LogP contribution >= 0.6 is 11.6 Å². The Hall–Kier alpha value is -2.27. The zero-order valence-corrected chi connectivity index (χ0v) is 13.2. The molecule has 0 saturated heterocycles. The second-order valence-corrected chi connectivity index (χ2v) is 5.65. The lowest BCUT2D eigenvalue weighted by Gasteiger charge is -2.13. The van der Waals surface area contributed by atoms with Gasteiger partial charge in [0.15, 0.2) is 11.5 Å². The van der Waals surface area contributed by atoms with Gasteiger partial charge < -0.3 is 14.8 Å². The van der Waals surface area contributed by atoms with E-state index in [1.807, 2.05) is 0 Å². The Morgan fingerprint density at radius 2 is 1.87 bits per heavy atom. The molecule has 3 rings (SSSR count). The van der Waals surface area contributed by atoms with E-state index >= 15 is 0 Å². The molecule has 0 atom stereocenters. The minimum absolute atomic E-state index is 0.258. The average Bonchev–Trinajstić information content (AvgIpc) is 2.75. The number of aryl methyl sites for hydroxylation is 1. The van der Waals surface area contributed by atoms with E-state index in [1.54, 1.807) is 25.1 Å². The molecular weight excluding hydrogens is 321 g/mol. The molecule has 0 saturated carbocycles. The van der Waals surface area contributed by atoms with Gasteiger partial charge in [0.05, 0.1) is 23.9 Å². The van der Waals surface area contributed by atoms with Gasteiger partial charge in [0.25, 0.3) is 5.91 Å². The van der Waals surface area contributed by atoms with Crippen molar-refractivity contribution in [3.05, 3.63) is 52.3 Å². The maximum Gasteiger partial charge on any atom is 0.256 e. The summed E-state index contributed by atoms with van der Waals surface area (Å²) in [7, 11) is 0. The molecule has 1 N–H and O–H groups in total. The first-order valence-corrected chi connectivity index (χ1v) is 7.59. The molecule has 1 aliphatic rings. The first kappa shape index (κ1) is 15.6. The number of halogens is 2. The van der Waals surface area contributed by atoms with Crippen molar-refractivity contribution >= 4 is 23.2 Å². The van der Waals surface area contributed by atoms with Gasteiger partial charge in [0, 0.05) is 24.1 Å². The Kier molecular flexibility index (Phi) is 4.39. The molecule has 2 aromatic carbocycles. The van der Waals surface area contributed by atoms with E-state index in [1.165, 1.54) is 12.1 Å². The normalized spacial score (nSPS) is 13.3. The van der Waals surface area contributed by atoms with Crippen molar-refractivity contribution in [3.8, 4) is 11.5 Å². The van der Waals surface area contributed by atoms with Crippen molar-refractivity contribution in [1.29, 1.82) is 0 Å². The number of fused-ring (bicyclic) bond motifs is 1. The van der Waals surface area contributed by atoms with Crippen LogP contribution in [0.1, 0.15) is 22.3 Å². The standard InChI is InChI=1S/C17H15ClFNO3/c1-10-3-4-11(19)7-12(10)17(21)20-14-9-16-15(8-13(14)18)22-5-2-6-23-16/h3-4,7-9H,2,5-6H2,1H3,(H,20,21). The maximum absolute atomic E-state index is 13.4. The third-order valence-electron chi connectivity index (χ3n) is 3.53. The molecular formula is C17H15ClFNO3. The van der Waals surface area contributed by atoms with Crippen LogP contribution in [0.2, 0.25) is 5.02 Å². The molecule has 23 heavy (non-hydrogen) atoms. The lowest BCUT2D eigenvalue weighted by molar-refractivity contribution is 0.102. The molecule has 0 aliphatic carbocycles. The quantitative estimate of drug-likeness (QED) is 0.894. The Morgan fingerprint density at radius 3 is 2.61 bits per heavy atom. The first-order chi connectivity index (χ1) is 11.0. The molecule has 6 heteroatoms. The second-order valence-electron chi connectivity index (χ2n) is 5.24. The van der Waals surface area contributed by atoms with Gasteiger partial charge in [0.1, 0.15) is 5.82 Å². The van der Waals surface area contributed by atoms with Crippen LogP contribution in [0.4, 0.5) is 10.1 Å². The van der Waals surface area contributed by atoms with E-state index in [4.69, 9.17) is 21.1 Å². The van der Waals surface area contributed by atoms with Crippen LogP contribution in [0.25, 0.3) is 0 Å². The maximum atomic E-state index is 13.4. The molecule has 0 aromatic heterocycles. The monoisotopic (exact) mass is 335 g/mol. The minimum atomic E-state index is -0.467. The summed E-state index contributed by atoms with van der Waals surface area (Å²) in [6.07, 6.45) is 0.774. The van der Waals surface area contributed by atoms with Gasteiger partial charge in [-0.25, -0.2) is 4.39 Å². The molecule has 1 amide bonds. The smallest absolute Gasteiger partial charge is 0.256 e. The van der Waals surface area contributed by atoms with Crippen molar-refractivity contribution < 1.29 is 18.7 Å². The van der Waals surface area contributed by atoms with Crippen molar-refractivity contribution in [2.75, 3.05) is 18.5 Å². The summed E-state index contributed by atoms with van der Waals surface area (Å²) in [5.41, 5.74) is 1.33. The molecule has 1 aliphatic heterocycles. The van der Waals surface area contributed by atoms with Gasteiger partial charge in [-0.3, -0.25) is 4.79 Å². The van der Waals surface area contributed by atoms with Gasteiger partial charge in [-0.1, -0.05) is 17.7 Å². The number of rotatable bonds is 2. The predicted molar refractivity (Wildman–Crippen MR) is 86.1 cm³/mol. The Morgan fingerprint density at radius 1 is 1.17 bits per heavy atom. The van der Waals surface area contributed by atoms with Crippen LogP contribution in [-0.2, 0) is 0 Å². The zero-order valence-electron chi connectivity index (χ0n) is 12.5. The molecule has 2 aromatic rings. The summed E-state index contributed by atoms with van der Waals surface area (Å²) >= 11 is 6.19. The fourth-order valence-electron chi connectivity index (χ4n) is 2.31. The largest absolute Gasteiger partial charge is 0.490 e. The lowest BCUT2D eigenvalue weighted by Crippen LogP contribution is -2.14. The molecule has 0 bridgehead atoms. The summed E-state index contributed by atoms with van der Waals surface area (Å²) < 4.78 is 24.5. The second kappa shape index (κ2) is 6.46. The molecule has 120 valence electrons. The fraction of sp³-hybridized carbons (Fsp3) is 0.235. The fourth-order valence-corrected chi connectivity index (χ4v) is 2.51. The van der Waals surface area contributed by atoms with Crippen molar-refractivity contribution in [3.63, 3.8) is 0 Å². The van der Waals surface area contributed by atoms with Crippen LogP contribution in [0.3, 0.4) is 0 Å². The highest BCUT2D eigenvalue weighted by Gasteiger charge is 2.17. The SMILES string of the molecule is Cc1ccc(F)cc1C(=O)Nc1cc2c(cc1Cl)OCCCO2. The summed E-state index contributed by atoms with van der Waals surface area (Å²) in [5.74, 6) is 0.175. The Bertz CT molecular complexity index is 764. The van der Waals surface area contributed by atoms with E-state index in [0.717, 1.165) is 6.42 Å². The van der Waals surface area contributed by atoms with E-state index in [-0.39, 0.29) is 5.56 Å². The first-order valence-electron chi connectivity index (χ1n) is 7.21. The number of carbonyl (C=O) groups excluding carboxylic acids is 1. The highest BCUT2D eigenvalue weighted by molar-refractivity contribution is 6.34. The number of carbonyl (C=O) groups is 1. The molecule has 1 heterocycles. The molecule has 0 spiro atoms. The summed E-state index contributed by atoms with van der Waals surface area (Å²) in [6.45, 7) is 2.83. The van der Waals surface area contributed by atoms with Gasteiger partial charge >= 0.3 is 0 Å². The number of hydrogen-bond acceptors (Lipinski definition) is 3. The summed E-state index contributed by atoms with van der Waals surface area (Å²) in [6, 6.07) is 7.29. The van der Waals surface area contributed by atoms with E-state index < -0.39 is 11.7 Å². The molecule has 4 nitrogen and oxygen atoms in total. The van der Waals surface area contributed by atoms with Crippen LogP contribution in [0, 0.1) is 12.7 Å². The van der Waals surface area contributed by atoms with Crippen LogP contribution in [0.5, 0.6) is 11.5 Å². The molecule has 0 fully saturated rings. The number of amides is 1. The Labute approximate surface area is 138 Å². The third-order valence-corrected chi connectivity index (χ3v) is 3.84. The summed E-state index contributed by atoms with van der Waals surface area (Å²) in [4.78, 5) is 12.4. The Balaban J connectivity index is 1.89. The van der Waals surface area contributed by atoms with Gasteiger partial charge in [0.2, 0.25) is 0 Å². The number of anilines is 1. The minimum Gasteiger partial charge on any atom is -0.490 e. The third kappa shape index (κ3) is 3.40. The highest BCUT2D eigenvalue weighted by Crippen LogP contribution is 2.37. The van der Waals surface area contributed by atoms with Crippen LogP contribution in [0.15, 0.2) is 30.3 Å². The number of benzene rings is 2. The highest BCUT2D eigenvalue weighted by atomic mass is 35.5. The zero-order chi connectivity index (χ0) is 16.4. The topological polar surface area (TPSA) is 47.6 Å². The molecule has 0 unspecified atom stereocenters. The van der Waals surface area contributed by atoms with E-state index in [9.17, 15) is 9.18 Å². The lowest BCUT2D eigenvalue weighted by atomic mass is 10.1. The van der Waals surface area contributed by atoms with Crippen molar-refractivity contribution in [2.45, 2.75) is 13.3 Å². The van der Waals surface area contributed by atoms with Crippen molar-refractivity contribution in [1.82, 2.24) is 0 Å². The number of ether oxygens (including phenoxy) is 2. The summed E-state index contributed by atoms with van der Waals surface area (Å²) in [5, 5.41) is 3.02. The van der Waals surface area contributed by atoms with E-state index in [0.29, 0.717) is 41.0 Å². The van der Waals surface area contributed by atoms with Gasteiger partial charge in [-0.15, -0.1) is 0 Å². The van der Waals surface area contributed by atoms with Crippen molar-refractivity contribution in [2.24, 2.45) is 0 Å². The van der Waals surface area contributed by atoms with Crippen LogP contribution in [-0.4, -0.2) is 19.1 Å². The molecule has 0 radical (unpaired) electrons. The predicted octanol–water partition coefficient (Wildman–Crippen LogP) is 4.20. The van der Waals surface area contributed by atoms with E-state index in [2.05, 4.69) is 5.32 Å². The number of hydrogen-bond donors (Lipinski definition) is 1. The number of nitrogens with one attached hydrogen (secondary N) is 1. The van der Waals surface area contributed by atoms with Gasteiger partial charge in [-0.05, 0) is 24.6 Å². The van der Waals surface area contributed by atoms with Crippen LogP contribution < -0.4 is 14.8 Å². The van der Waals surface area contributed by atoms with Gasteiger partial charge in [-0.2, -0.15) is 0 Å². The average molecular weight is 336 g/mol.